The summed E-state index contributed by atoms with van der Waals surface area (Å²) in [5, 5.41) is 0. The molecule has 1 aliphatic carbocycles. The summed E-state index contributed by atoms with van der Waals surface area (Å²) in [5.41, 5.74) is 4.21. The normalized spacial score (nSPS) is 17.3. The third-order valence-electron chi connectivity index (χ3n) is 3.73. The van der Waals surface area contributed by atoms with Gasteiger partial charge in [-0.05, 0) is 37.7 Å². The smallest absolute Gasteiger partial charge is 0.00670 e. The van der Waals surface area contributed by atoms with Crippen molar-refractivity contribution in [3.63, 3.8) is 0 Å². The molecular formula is C16H22. The predicted octanol–water partition coefficient (Wildman–Crippen LogP) is 4.67. The van der Waals surface area contributed by atoms with E-state index in [0.29, 0.717) is 0 Å². The van der Waals surface area contributed by atoms with Gasteiger partial charge in [0, 0.05) is 0 Å². The lowest BCUT2D eigenvalue weighted by atomic mass is 9.82. The highest BCUT2D eigenvalue weighted by molar-refractivity contribution is 5.25. The van der Waals surface area contributed by atoms with Crippen molar-refractivity contribution in [2.75, 3.05) is 0 Å². The average Bonchev–Trinajstić information content (AvgIpc) is 2.33. The molecule has 0 heteroatoms. The van der Waals surface area contributed by atoms with E-state index in [9.17, 15) is 0 Å². The molecule has 1 aliphatic rings. The molecule has 1 saturated carbocycles. The van der Waals surface area contributed by atoms with Crippen LogP contribution in [-0.4, -0.2) is 0 Å². The summed E-state index contributed by atoms with van der Waals surface area (Å²) >= 11 is 0. The molecule has 0 bridgehead atoms. The Morgan fingerprint density at radius 2 is 1.75 bits per heavy atom. The van der Waals surface area contributed by atoms with Crippen molar-refractivity contribution in [1.29, 1.82) is 0 Å². The number of hydrogen-bond donors (Lipinski definition) is 0. The molecule has 0 saturated heterocycles. The van der Waals surface area contributed by atoms with Crippen LogP contribution in [0.2, 0.25) is 0 Å². The van der Waals surface area contributed by atoms with Crippen molar-refractivity contribution in [3.05, 3.63) is 47.5 Å². The molecule has 0 nitrogen and oxygen atoms in total. The Morgan fingerprint density at radius 3 is 2.38 bits per heavy atom. The van der Waals surface area contributed by atoms with E-state index in [1.807, 2.05) is 0 Å². The van der Waals surface area contributed by atoms with E-state index >= 15 is 0 Å². The Balaban J connectivity index is 1.93. The van der Waals surface area contributed by atoms with Crippen LogP contribution < -0.4 is 0 Å². The minimum atomic E-state index is 0.787. The first-order valence-electron chi connectivity index (χ1n) is 6.49. The second-order valence-electron chi connectivity index (χ2n) is 5.16. The maximum Gasteiger partial charge on any atom is -0.00670 e. The molecule has 0 unspecified atom stereocenters. The van der Waals surface area contributed by atoms with Gasteiger partial charge >= 0.3 is 0 Å². The second kappa shape index (κ2) is 5.34. The van der Waals surface area contributed by atoms with Crippen molar-refractivity contribution in [1.82, 2.24) is 0 Å². The summed E-state index contributed by atoms with van der Waals surface area (Å²) in [5.74, 6) is 0.787. The Morgan fingerprint density at radius 1 is 1.12 bits per heavy atom. The SMILES string of the molecule is C=C(Cc1ccc(C)cc1)C1CCCCC1. The molecule has 0 heterocycles. The van der Waals surface area contributed by atoms with Crippen LogP contribution in [0.25, 0.3) is 0 Å². The van der Waals surface area contributed by atoms with Crippen molar-refractivity contribution in [2.45, 2.75) is 45.4 Å². The molecule has 1 aromatic rings. The lowest BCUT2D eigenvalue weighted by Crippen LogP contribution is -2.10. The van der Waals surface area contributed by atoms with Crippen LogP contribution in [0.3, 0.4) is 0 Å². The number of allylic oxidation sites excluding steroid dienone is 1. The standard InChI is InChI=1S/C16H22/c1-13-8-10-15(11-9-13)12-14(2)16-6-4-3-5-7-16/h8-11,16H,2-7,12H2,1H3. The zero-order valence-corrected chi connectivity index (χ0v) is 10.3. The van der Waals surface area contributed by atoms with Crippen LogP contribution in [0.5, 0.6) is 0 Å². The lowest BCUT2D eigenvalue weighted by Gasteiger charge is -2.23. The van der Waals surface area contributed by atoms with Gasteiger partial charge in [-0.1, -0.05) is 61.2 Å². The number of aryl methyl sites for hydroxylation is 1. The van der Waals surface area contributed by atoms with E-state index in [-0.39, 0.29) is 0 Å². The second-order valence-corrected chi connectivity index (χ2v) is 5.16. The molecule has 0 amide bonds. The van der Waals surface area contributed by atoms with E-state index in [1.54, 1.807) is 0 Å². The van der Waals surface area contributed by atoms with E-state index in [2.05, 4.69) is 37.8 Å². The van der Waals surface area contributed by atoms with Crippen LogP contribution in [-0.2, 0) is 6.42 Å². The molecule has 0 radical (unpaired) electrons. The summed E-state index contributed by atoms with van der Waals surface area (Å²) in [7, 11) is 0. The van der Waals surface area contributed by atoms with Gasteiger partial charge in [-0.15, -0.1) is 0 Å². The monoisotopic (exact) mass is 214 g/mol. The highest BCUT2D eigenvalue weighted by Crippen LogP contribution is 2.30. The van der Waals surface area contributed by atoms with E-state index < -0.39 is 0 Å². The number of benzene rings is 1. The highest BCUT2D eigenvalue weighted by atomic mass is 14.2. The maximum atomic E-state index is 4.30. The number of hydrogen-bond acceptors (Lipinski definition) is 0. The van der Waals surface area contributed by atoms with E-state index in [1.165, 1.54) is 48.8 Å². The van der Waals surface area contributed by atoms with Crippen molar-refractivity contribution in [2.24, 2.45) is 5.92 Å². The van der Waals surface area contributed by atoms with Crippen LogP contribution in [0, 0.1) is 12.8 Å². The maximum absolute atomic E-state index is 4.30. The number of rotatable bonds is 3. The highest BCUT2D eigenvalue weighted by Gasteiger charge is 2.16. The van der Waals surface area contributed by atoms with Gasteiger partial charge in [0.2, 0.25) is 0 Å². The summed E-state index contributed by atoms with van der Waals surface area (Å²) in [4.78, 5) is 0. The fraction of sp³-hybridized carbons (Fsp3) is 0.500. The van der Waals surface area contributed by atoms with E-state index in [4.69, 9.17) is 0 Å². The van der Waals surface area contributed by atoms with Crippen molar-refractivity contribution >= 4 is 0 Å². The molecule has 0 aromatic heterocycles. The third kappa shape index (κ3) is 2.98. The van der Waals surface area contributed by atoms with Crippen LogP contribution in [0.1, 0.15) is 43.2 Å². The zero-order chi connectivity index (χ0) is 11.4. The lowest BCUT2D eigenvalue weighted by molar-refractivity contribution is 0.399. The Bertz CT molecular complexity index is 339. The zero-order valence-electron chi connectivity index (χ0n) is 10.3. The quantitative estimate of drug-likeness (QED) is 0.641. The molecule has 0 N–H and O–H groups in total. The Kier molecular flexibility index (Phi) is 3.82. The summed E-state index contributed by atoms with van der Waals surface area (Å²) in [6, 6.07) is 8.87. The van der Waals surface area contributed by atoms with Gasteiger partial charge in [-0.2, -0.15) is 0 Å². The Labute approximate surface area is 99.4 Å². The largest absolute Gasteiger partial charge is 0.0992 e. The molecule has 86 valence electrons. The van der Waals surface area contributed by atoms with Gasteiger partial charge in [-0.25, -0.2) is 0 Å². The fourth-order valence-corrected chi connectivity index (χ4v) is 2.62. The van der Waals surface area contributed by atoms with Gasteiger partial charge < -0.3 is 0 Å². The molecule has 16 heavy (non-hydrogen) atoms. The first-order valence-corrected chi connectivity index (χ1v) is 6.49. The van der Waals surface area contributed by atoms with Gasteiger partial charge in [0.25, 0.3) is 0 Å². The van der Waals surface area contributed by atoms with Gasteiger partial charge in [-0.3, -0.25) is 0 Å². The third-order valence-corrected chi connectivity index (χ3v) is 3.73. The average molecular weight is 214 g/mol. The topological polar surface area (TPSA) is 0 Å². The molecule has 1 aromatic carbocycles. The molecule has 0 spiro atoms. The van der Waals surface area contributed by atoms with Gasteiger partial charge in [0.15, 0.2) is 0 Å². The summed E-state index contributed by atoms with van der Waals surface area (Å²) in [6.07, 6.45) is 8.03. The molecule has 1 fully saturated rings. The van der Waals surface area contributed by atoms with Crippen LogP contribution in [0.15, 0.2) is 36.4 Å². The van der Waals surface area contributed by atoms with Crippen molar-refractivity contribution in [3.8, 4) is 0 Å². The fourth-order valence-electron chi connectivity index (χ4n) is 2.62. The van der Waals surface area contributed by atoms with Crippen molar-refractivity contribution < 1.29 is 0 Å². The minimum Gasteiger partial charge on any atom is -0.0992 e. The predicted molar refractivity (Wildman–Crippen MR) is 70.6 cm³/mol. The minimum absolute atomic E-state index is 0.787. The first-order chi connectivity index (χ1) is 7.75. The molecule has 2 rings (SSSR count). The van der Waals surface area contributed by atoms with E-state index in [0.717, 1.165) is 12.3 Å². The molecular weight excluding hydrogens is 192 g/mol. The van der Waals surface area contributed by atoms with Gasteiger partial charge in [0.05, 0.1) is 0 Å². The Hall–Kier alpha value is -1.04. The van der Waals surface area contributed by atoms with Gasteiger partial charge in [0.1, 0.15) is 0 Å². The first kappa shape index (κ1) is 11.4. The molecule has 0 atom stereocenters. The summed E-state index contributed by atoms with van der Waals surface area (Å²) < 4.78 is 0. The molecule has 0 aliphatic heterocycles. The van der Waals surface area contributed by atoms with Crippen LogP contribution >= 0.6 is 0 Å². The van der Waals surface area contributed by atoms with Crippen LogP contribution in [0.4, 0.5) is 0 Å². The summed E-state index contributed by atoms with van der Waals surface area (Å²) in [6.45, 7) is 6.43.